The predicted molar refractivity (Wildman–Crippen MR) is 52.5 cm³/mol. The first-order valence-corrected chi connectivity index (χ1v) is 4.68. The van der Waals surface area contributed by atoms with E-state index < -0.39 is 36.0 Å². The molecule has 0 saturated carbocycles. The zero-order chi connectivity index (χ0) is 13.2. The second kappa shape index (κ2) is 4.73. The summed E-state index contributed by atoms with van der Waals surface area (Å²) in [6.45, 7) is -0.382. The molecule has 0 amide bonds. The third kappa shape index (κ3) is 2.96. The Morgan fingerprint density at radius 1 is 1.71 bits per heavy atom. The summed E-state index contributed by atoms with van der Waals surface area (Å²) in [5.41, 5.74) is -0.0148. The first-order chi connectivity index (χ1) is 7.77. The number of hydrogen-bond acceptors (Lipinski definition) is 6. The minimum Gasteiger partial charge on any atom is -0.390 e. The van der Waals surface area contributed by atoms with Crippen molar-refractivity contribution in [2.75, 3.05) is 0 Å². The molecular weight excluding hydrogens is 237 g/mol. The molecule has 9 heteroatoms. The lowest BCUT2D eigenvalue weighted by atomic mass is 10.2. The fraction of sp³-hybridized carbons (Fsp3) is 0.625. The highest BCUT2D eigenvalue weighted by Crippen LogP contribution is 2.18. The zero-order valence-corrected chi connectivity index (χ0v) is 8.95. The Labute approximate surface area is 95.1 Å². The van der Waals surface area contributed by atoms with Crippen LogP contribution in [0, 0.1) is 10.1 Å². The topological polar surface area (TPSA) is 122 Å². The molecule has 0 saturated heterocycles. The van der Waals surface area contributed by atoms with Crippen LogP contribution >= 0.6 is 0 Å². The Morgan fingerprint density at radius 2 is 2.29 bits per heavy atom. The van der Waals surface area contributed by atoms with Gasteiger partial charge in [-0.2, -0.15) is 0 Å². The van der Waals surface area contributed by atoms with Crippen LogP contribution in [0.5, 0.6) is 0 Å². The second-order valence-corrected chi connectivity index (χ2v) is 3.57. The highest BCUT2D eigenvalue weighted by molar-refractivity contribution is 5.14. The quantitative estimate of drug-likeness (QED) is 0.361. The minimum atomic E-state index is -2.74. The Bertz CT molecular complexity index is 417. The maximum atomic E-state index is 12.8. The molecule has 0 bridgehead atoms. The fourth-order valence-corrected chi connectivity index (χ4v) is 1.17. The lowest BCUT2D eigenvalue weighted by Crippen LogP contribution is -2.42. The summed E-state index contributed by atoms with van der Waals surface area (Å²) in [5, 5.41) is 37.9. The summed E-state index contributed by atoms with van der Waals surface area (Å²) in [6, 6.07) is 0. The standard InChI is InChI=1S/C8H12FN3O5/c1-5(9)8(14,15)4-11-2-6(3-13)10-7(11)12(16)17/h2,5,13-15H,3-4H2,1H3. The van der Waals surface area contributed by atoms with Crippen molar-refractivity contribution in [1.29, 1.82) is 0 Å². The average Bonchev–Trinajstić information content (AvgIpc) is 2.60. The molecule has 1 unspecified atom stereocenters. The molecule has 0 aliphatic rings. The molecule has 0 fully saturated rings. The molecule has 0 spiro atoms. The van der Waals surface area contributed by atoms with Gasteiger partial charge >= 0.3 is 5.95 Å². The average molecular weight is 249 g/mol. The molecule has 96 valence electrons. The van der Waals surface area contributed by atoms with Gasteiger partial charge in [-0.1, -0.05) is 4.98 Å². The molecule has 0 radical (unpaired) electrons. The molecule has 0 aliphatic heterocycles. The van der Waals surface area contributed by atoms with E-state index in [1.54, 1.807) is 0 Å². The van der Waals surface area contributed by atoms with Crippen LogP contribution in [0.25, 0.3) is 0 Å². The van der Waals surface area contributed by atoms with Crippen LogP contribution in [-0.4, -0.2) is 41.8 Å². The monoisotopic (exact) mass is 249 g/mol. The SMILES string of the molecule is CC(F)C(O)(O)Cn1cc(CO)nc1[N+](=O)[O-]. The van der Waals surface area contributed by atoms with E-state index in [2.05, 4.69) is 4.98 Å². The van der Waals surface area contributed by atoms with Crippen molar-refractivity contribution in [3.63, 3.8) is 0 Å². The van der Waals surface area contributed by atoms with Gasteiger partial charge in [-0.25, -0.2) is 8.96 Å². The highest BCUT2D eigenvalue weighted by atomic mass is 19.1. The summed E-state index contributed by atoms with van der Waals surface area (Å²) in [7, 11) is 0. The van der Waals surface area contributed by atoms with E-state index in [0.29, 0.717) is 0 Å². The first kappa shape index (κ1) is 13.5. The molecule has 0 aliphatic carbocycles. The van der Waals surface area contributed by atoms with E-state index in [4.69, 9.17) is 5.11 Å². The van der Waals surface area contributed by atoms with Gasteiger partial charge in [0, 0.05) is 0 Å². The van der Waals surface area contributed by atoms with Crippen LogP contribution in [0.1, 0.15) is 12.6 Å². The minimum absolute atomic E-state index is 0.0148. The molecule has 0 aromatic carbocycles. The fourth-order valence-electron chi connectivity index (χ4n) is 1.17. The summed E-state index contributed by atoms with van der Waals surface area (Å²) in [5.74, 6) is -3.43. The Hall–Kier alpha value is -1.58. The van der Waals surface area contributed by atoms with Gasteiger partial charge in [0.2, 0.25) is 5.79 Å². The molecule has 1 aromatic rings. The third-order valence-corrected chi connectivity index (χ3v) is 2.17. The summed E-state index contributed by atoms with van der Waals surface area (Å²) >= 11 is 0. The van der Waals surface area contributed by atoms with Gasteiger partial charge in [-0.15, -0.1) is 0 Å². The summed E-state index contributed by atoms with van der Waals surface area (Å²) in [6.07, 6.45) is -0.941. The van der Waals surface area contributed by atoms with Crippen LogP contribution in [0.3, 0.4) is 0 Å². The normalized spacial score (nSPS) is 13.7. The summed E-state index contributed by atoms with van der Waals surface area (Å²) < 4.78 is 13.6. The van der Waals surface area contributed by atoms with Crippen LogP contribution in [0.4, 0.5) is 10.3 Å². The van der Waals surface area contributed by atoms with E-state index in [0.717, 1.165) is 17.7 Å². The maximum absolute atomic E-state index is 12.8. The largest absolute Gasteiger partial charge is 0.435 e. The van der Waals surface area contributed by atoms with E-state index in [1.807, 2.05) is 0 Å². The number of hydrogen-bond donors (Lipinski definition) is 3. The number of aliphatic hydroxyl groups excluding tert-OH is 1. The van der Waals surface area contributed by atoms with E-state index in [9.17, 15) is 24.7 Å². The predicted octanol–water partition coefficient (Wildman–Crippen LogP) is -0.677. The van der Waals surface area contributed by atoms with Crippen molar-refractivity contribution in [1.82, 2.24) is 9.55 Å². The maximum Gasteiger partial charge on any atom is 0.435 e. The molecule has 1 atom stereocenters. The van der Waals surface area contributed by atoms with Gasteiger partial charge in [0.1, 0.15) is 19.3 Å². The van der Waals surface area contributed by atoms with Crippen LogP contribution < -0.4 is 0 Å². The molecule has 1 rings (SSSR count). The van der Waals surface area contributed by atoms with Gasteiger partial charge in [0.05, 0.1) is 0 Å². The van der Waals surface area contributed by atoms with Crippen molar-refractivity contribution in [2.24, 2.45) is 0 Å². The molecule has 1 aromatic heterocycles. The Balaban J connectivity index is 3.05. The van der Waals surface area contributed by atoms with Crippen LogP contribution in [-0.2, 0) is 13.2 Å². The van der Waals surface area contributed by atoms with Crippen molar-refractivity contribution < 1.29 is 24.6 Å². The lowest BCUT2D eigenvalue weighted by Gasteiger charge is -2.21. The van der Waals surface area contributed by atoms with Gasteiger partial charge < -0.3 is 25.4 Å². The first-order valence-electron chi connectivity index (χ1n) is 4.68. The van der Waals surface area contributed by atoms with Gasteiger partial charge in [-0.05, 0) is 11.8 Å². The number of rotatable bonds is 5. The van der Waals surface area contributed by atoms with E-state index in [1.165, 1.54) is 0 Å². The number of aromatic nitrogens is 2. The van der Waals surface area contributed by atoms with Gasteiger partial charge in [0.15, 0.2) is 11.9 Å². The number of imidazole rings is 1. The number of aliphatic hydroxyl groups is 3. The Kier molecular flexibility index (Phi) is 3.76. The van der Waals surface area contributed by atoms with Crippen molar-refractivity contribution in [3.05, 3.63) is 22.0 Å². The van der Waals surface area contributed by atoms with E-state index in [-0.39, 0.29) is 5.69 Å². The number of nitrogens with zero attached hydrogens (tertiary/aromatic N) is 3. The smallest absolute Gasteiger partial charge is 0.390 e. The second-order valence-electron chi connectivity index (χ2n) is 3.57. The summed E-state index contributed by atoms with van der Waals surface area (Å²) in [4.78, 5) is 13.2. The van der Waals surface area contributed by atoms with Gasteiger partial charge in [0.25, 0.3) is 0 Å². The lowest BCUT2D eigenvalue weighted by molar-refractivity contribution is -0.398. The van der Waals surface area contributed by atoms with Crippen molar-refractivity contribution in [3.8, 4) is 0 Å². The van der Waals surface area contributed by atoms with Crippen LogP contribution in [0.15, 0.2) is 6.20 Å². The number of nitro groups is 1. The van der Waals surface area contributed by atoms with Gasteiger partial charge in [-0.3, -0.25) is 0 Å². The molecule has 1 heterocycles. The van der Waals surface area contributed by atoms with Crippen molar-refractivity contribution in [2.45, 2.75) is 32.0 Å². The molecule has 17 heavy (non-hydrogen) atoms. The molecule has 3 N–H and O–H groups in total. The highest BCUT2D eigenvalue weighted by Gasteiger charge is 2.36. The Morgan fingerprint density at radius 3 is 2.71 bits per heavy atom. The third-order valence-electron chi connectivity index (χ3n) is 2.17. The zero-order valence-electron chi connectivity index (χ0n) is 8.95. The van der Waals surface area contributed by atoms with Crippen molar-refractivity contribution >= 4 is 5.95 Å². The van der Waals surface area contributed by atoms with Crippen LogP contribution in [0.2, 0.25) is 0 Å². The number of alkyl halides is 1. The van der Waals surface area contributed by atoms with E-state index >= 15 is 0 Å². The number of halogens is 1. The molecular formula is C8H12FN3O5. The molecule has 8 nitrogen and oxygen atoms in total.